The summed E-state index contributed by atoms with van der Waals surface area (Å²) in [4.78, 5) is 8.99. The van der Waals surface area contributed by atoms with Crippen LogP contribution < -0.4 is 14.8 Å². The Morgan fingerprint density at radius 1 is 1.11 bits per heavy atom. The average Bonchev–Trinajstić information content (AvgIpc) is 3.40. The normalized spacial score (nSPS) is 15.5. The van der Waals surface area contributed by atoms with E-state index in [0.29, 0.717) is 16.9 Å². The van der Waals surface area contributed by atoms with E-state index >= 15 is 0 Å². The minimum atomic E-state index is 0.154. The lowest BCUT2D eigenvalue weighted by molar-refractivity contribution is 0.242. The van der Waals surface area contributed by atoms with Crippen LogP contribution in [-0.4, -0.2) is 37.5 Å². The Kier molecular flexibility index (Phi) is 6.63. The van der Waals surface area contributed by atoms with E-state index in [9.17, 15) is 0 Å². The number of hydrogen-bond acceptors (Lipinski definition) is 6. The number of imidazole rings is 1. The highest BCUT2D eigenvalue weighted by atomic mass is 35.5. The quantitative estimate of drug-likeness (QED) is 0.342. The van der Waals surface area contributed by atoms with Gasteiger partial charge in [0.2, 0.25) is 5.95 Å². The maximum atomic E-state index is 5.98. The molecular formula is C26H29ClN6O2. The summed E-state index contributed by atoms with van der Waals surface area (Å²) >= 11 is 5.98. The Bertz CT molecular complexity index is 1300. The number of nitrogens with zero attached hydrogens (tertiary/aromatic N) is 5. The van der Waals surface area contributed by atoms with Gasteiger partial charge in [0.15, 0.2) is 0 Å². The number of rotatable bonds is 7. The molecule has 9 heteroatoms. The first-order valence-corrected chi connectivity index (χ1v) is 12.2. The van der Waals surface area contributed by atoms with Crippen LogP contribution in [0.3, 0.4) is 0 Å². The third kappa shape index (κ3) is 5.12. The second-order valence-electron chi connectivity index (χ2n) is 8.92. The summed E-state index contributed by atoms with van der Waals surface area (Å²) in [7, 11) is 1.64. The second kappa shape index (κ2) is 10.00. The lowest BCUT2D eigenvalue weighted by Gasteiger charge is -2.16. The third-order valence-electron chi connectivity index (χ3n) is 6.04. The summed E-state index contributed by atoms with van der Waals surface area (Å²) < 4.78 is 15.3. The summed E-state index contributed by atoms with van der Waals surface area (Å²) in [6.45, 7) is 4.93. The molecule has 1 aliphatic heterocycles. The van der Waals surface area contributed by atoms with Crippen LogP contribution in [0.5, 0.6) is 11.5 Å². The fourth-order valence-corrected chi connectivity index (χ4v) is 4.61. The van der Waals surface area contributed by atoms with Crippen LogP contribution in [0.15, 0.2) is 55.0 Å². The molecule has 5 rings (SSSR count). The van der Waals surface area contributed by atoms with Crippen molar-refractivity contribution in [1.29, 1.82) is 0 Å². The van der Waals surface area contributed by atoms with Gasteiger partial charge < -0.3 is 19.4 Å². The van der Waals surface area contributed by atoms with Crippen molar-refractivity contribution < 1.29 is 9.47 Å². The number of methoxy groups -OCH3 is 1. The van der Waals surface area contributed by atoms with Crippen LogP contribution in [0.4, 0.5) is 11.6 Å². The number of anilines is 2. The maximum Gasteiger partial charge on any atom is 0.246 e. The van der Waals surface area contributed by atoms with E-state index in [2.05, 4.69) is 22.4 Å². The largest absolute Gasteiger partial charge is 0.494 e. The smallest absolute Gasteiger partial charge is 0.246 e. The van der Waals surface area contributed by atoms with Gasteiger partial charge in [0, 0.05) is 30.4 Å². The molecule has 0 saturated carbocycles. The molecule has 0 radical (unpaired) electrons. The highest BCUT2D eigenvalue weighted by Gasteiger charge is 2.25. The monoisotopic (exact) mass is 492 g/mol. The number of halogens is 1. The van der Waals surface area contributed by atoms with Crippen molar-refractivity contribution in [2.75, 3.05) is 12.4 Å². The Balaban J connectivity index is 1.39. The fourth-order valence-electron chi connectivity index (χ4n) is 4.46. The van der Waals surface area contributed by atoms with Gasteiger partial charge >= 0.3 is 0 Å². The third-order valence-corrected chi connectivity index (χ3v) is 6.24. The molecule has 0 amide bonds. The van der Waals surface area contributed by atoms with Crippen LogP contribution in [0.2, 0.25) is 5.15 Å². The van der Waals surface area contributed by atoms with Gasteiger partial charge in [-0.3, -0.25) is 0 Å². The molecule has 8 nitrogen and oxygen atoms in total. The molecule has 3 heterocycles. The van der Waals surface area contributed by atoms with Gasteiger partial charge in [0.1, 0.15) is 28.8 Å². The molecule has 0 bridgehead atoms. The summed E-state index contributed by atoms with van der Waals surface area (Å²) in [5.74, 6) is 3.32. The van der Waals surface area contributed by atoms with Crippen molar-refractivity contribution in [1.82, 2.24) is 24.3 Å². The van der Waals surface area contributed by atoms with Gasteiger partial charge in [0.05, 0.1) is 18.9 Å². The van der Waals surface area contributed by atoms with Crippen LogP contribution in [-0.2, 0) is 6.54 Å². The Labute approximate surface area is 209 Å². The van der Waals surface area contributed by atoms with Gasteiger partial charge in [-0.1, -0.05) is 30.2 Å². The van der Waals surface area contributed by atoms with Gasteiger partial charge in [-0.05, 0) is 56.5 Å². The van der Waals surface area contributed by atoms with E-state index in [1.165, 1.54) is 5.56 Å². The maximum absolute atomic E-state index is 5.98. The number of nitrogens with one attached hydrogen (secondary N) is 1. The number of aryl methyl sites for hydroxylation is 1. The average molecular weight is 493 g/mol. The summed E-state index contributed by atoms with van der Waals surface area (Å²) in [6, 6.07) is 14.2. The molecule has 182 valence electrons. The number of hydrogen-bond donors (Lipinski definition) is 1. The number of fused-ring (bicyclic) bond motifs is 1. The van der Waals surface area contributed by atoms with Crippen LogP contribution in [0.1, 0.15) is 50.4 Å². The van der Waals surface area contributed by atoms with Crippen molar-refractivity contribution in [2.45, 2.75) is 51.7 Å². The molecule has 1 N–H and O–H groups in total. The van der Waals surface area contributed by atoms with E-state index in [4.69, 9.17) is 31.2 Å². The molecule has 0 spiro atoms. The first kappa shape index (κ1) is 23.2. The standard InChI is InChI=1S/C26H29ClN6O2/c1-17(2)35-20-10-7-18(8-11-20)21-6-4-5-13-33-25(21)30-26(31-33)29-19-9-12-22(23(14-19)34-3)32-15-24(27)28-16-32/h7-12,14-17,21H,4-6,13H2,1-3H3,(H,29,31)/t21-/m1/s1. The van der Waals surface area contributed by atoms with Crippen molar-refractivity contribution in [3.8, 4) is 17.2 Å². The Morgan fingerprint density at radius 3 is 2.66 bits per heavy atom. The van der Waals surface area contributed by atoms with Gasteiger partial charge in [-0.25, -0.2) is 9.67 Å². The molecule has 2 aromatic carbocycles. The van der Waals surface area contributed by atoms with E-state index in [-0.39, 0.29) is 12.0 Å². The van der Waals surface area contributed by atoms with Crippen molar-refractivity contribution in [2.24, 2.45) is 0 Å². The Morgan fingerprint density at radius 2 is 1.94 bits per heavy atom. The molecule has 4 aromatic rings. The minimum Gasteiger partial charge on any atom is -0.494 e. The fraction of sp³-hybridized carbons (Fsp3) is 0.346. The van der Waals surface area contributed by atoms with Gasteiger partial charge in [-0.15, -0.1) is 5.10 Å². The van der Waals surface area contributed by atoms with Crippen molar-refractivity contribution in [3.63, 3.8) is 0 Å². The first-order chi connectivity index (χ1) is 17.0. The van der Waals surface area contributed by atoms with E-state index in [1.54, 1.807) is 19.6 Å². The zero-order chi connectivity index (χ0) is 24.4. The van der Waals surface area contributed by atoms with Crippen molar-refractivity contribution in [3.05, 3.63) is 71.5 Å². The zero-order valence-electron chi connectivity index (χ0n) is 20.1. The molecule has 2 aromatic heterocycles. The van der Waals surface area contributed by atoms with Gasteiger partial charge in [0.25, 0.3) is 0 Å². The molecule has 0 unspecified atom stereocenters. The van der Waals surface area contributed by atoms with Crippen molar-refractivity contribution >= 4 is 23.2 Å². The van der Waals surface area contributed by atoms with E-state index < -0.39 is 0 Å². The molecule has 35 heavy (non-hydrogen) atoms. The summed E-state index contributed by atoms with van der Waals surface area (Å²) in [5.41, 5.74) is 2.91. The molecule has 1 atom stereocenters. The minimum absolute atomic E-state index is 0.154. The zero-order valence-corrected chi connectivity index (χ0v) is 20.9. The molecule has 1 aliphatic rings. The SMILES string of the molecule is COc1cc(Nc2nc3n(n2)CCCC[C@@H]3c2ccc(OC(C)C)cc2)ccc1-n1cnc(Cl)c1. The molecule has 0 saturated heterocycles. The number of ether oxygens (including phenoxy) is 2. The first-order valence-electron chi connectivity index (χ1n) is 11.9. The lowest BCUT2D eigenvalue weighted by Crippen LogP contribution is -2.09. The van der Waals surface area contributed by atoms with Gasteiger partial charge in [-0.2, -0.15) is 4.98 Å². The van der Waals surface area contributed by atoms with Crippen LogP contribution in [0.25, 0.3) is 5.69 Å². The summed E-state index contributed by atoms with van der Waals surface area (Å²) in [6.07, 6.45) is 6.81. The lowest BCUT2D eigenvalue weighted by atomic mass is 9.93. The van der Waals surface area contributed by atoms with Crippen LogP contribution >= 0.6 is 11.6 Å². The molecule has 0 fully saturated rings. The van der Waals surface area contributed by atoms with E-state index in [0.717, 1.165) is 48.8 Å². The molecule has 0 aliphatic carbocycles. The number of benzene rings is 2. The van der Waals surface area contributed by atoms with Crippen LogP contribution in [0, 0.1) is 0 Å². The Hall–Kier alpha value is -3.52. The highest BCUT2D eigenvalue weighted by molar-refractivity contribution is 6.29. The predicted molar refractivity (Wildman–Crippen MR) is 136 cm³/mol. The topological polar surface area (TPSA) is 79.0 Å². The summed E-state index contributed by atoms with van der Waals surface area (Å²) in [5, 5.41) is 8.55. The second-order valence-corrected chi connectivity index (χ2v) is 9.30. The number of aromatic nitrogens is 5. The predicted octanol–water partition coefficient (Wildman–Crippen LogP) is 5.97. The van der Waals surface area contributed by atoms with E-state index in [1.807, 2.05) is 53.4 Å². The highest BCUT2D eigenvalue weighted by Crippen LogP contribution is 2.34. The molecular weight excluding hydrogens is 464 g/mol.